The molecule has 35 heavy (non-hydrogen) atoms. The van der Waals surface area contributed by atoms with Gasteiger partial charge in [0.1, 0.15) is 12.1 Å². The van der Waals surface area contributed by atoms with Crippen LogP contribution < -0.4 is 10.6 Å². The molecule has 7 heteroatoms. The van der Waals surface area contributed by atoms with Gasteiger partial charge in [0.25, 0.3) is 11.8 Å². The Kier molecular flexibility index (Phi) is 8.29. The molecular formula is C28H33N3O4. The summed E-state index contributed by atoms with van der Waals surface area (Å²) in [5, 5.41) is 5.75. The van der Waals surface area contributed by atoms with Gasteiger partial charge in [0, 0.05) is 24.6 Å². The van der Waals surface area contributed by atoms with Crippen molar-refractivity contribution in [1.29, 1.82) is 0 Å². The minimum absolute atomic E-state index is 0.0294. The summed E-state index contributed by atoms with van der Waals surface area (Å²) >= 11 is 0. The zero-order valence-electron chi connectivity index (χ0n) is 19.9. The third-order valence-corrected chi connectivity index (χ3v) is 6.92. The Morgan fingerprint density at radius 3 is 2.17 bits per heavy atom. The molecule has 2 aromatic rings. The number of amides is 3. The van der Waals surface area contributed by atoms with E-state index in [2.05, 4.69) is 10.6 Å². The van der Waals surface area contributed by atoms with Gasteiger partial charge >= 0.3 is 0 Å². The molecule has 0 unspecified atom stereocenters. The summed E-state index contributed by atoms with van der Waals surface area (Å²) in [4.78, 5) is 53.8. The van der Waals surface area contributed by atoms with Crippen LogP contribution in [0.25, 0.3) is 0 Å². The molecule has 2 N–H and O–H groups in total. The monoisotopic (exact) mass is 475 g/mol. The van der Waals surface area contributed by atoms with Crippen molar-refractivity contribution < 1.29 is 19.2 Å². The molecule has 1 aliphatic carbocycles. The van der Waals surface area contributed by atoms with Crippen LogP contribution in [0.3, 0.4) is 0 Å². The molecule has 3 amide bonds. The quantitative estimate of drug-likeness (QED) is 0.574. The first-order valence-corrected chi connectivity index (χ1v) is 12.6. The molecule has 2 aliphatic rings. The standard InChI is InChI=1S/C28H33N3O4/c32-25(27(34)29-22-15-8-3-9-16-22)24-17-10-18-31(24)28(35)23(19-20-11-4-1-5-12-20)30-26(33)21-13-6-2-7-14-21/h1-2,4-7,11-14,22-24H,3,8-10,15-19H2,(H,29,34)(H,30,33)/t23-,24-/m0/s1. The number of carbonyl (C=O) groups is 4. The van der Waals surface area contributed by atoms with Gasteiger partial charge in [-0.25, -0.2) is 0 Å². The van der Waals surface area contributed by atoms with Crippen molar-refractivity contribution in [2.75, 3.05) is 6.54 Å². The summed E-state index contributed by atoms with van der Waals surface area (Å²) in [6.07, 6.45) is 6.42. The van der Waals surface area contributed by atoms with E-state index >= 15 is 0 Å². The first-order valence-electron chi connectivity index (χ1n) is 12.6. The van der Waals surface area contributed by atoms with Crippen LogP contribution in [0.5, 0.6) is 0 Å². The van der Waals surface area contributed by atoms with Gasteiger partial charge < -0.3 is 15.5 Å². The fraction of sp³-hybridized carbons (Fsp3) is 0.429. The lowest BCUT2D eigenvalue weighted by Gasteiger charge is -2.29. The van der Waals surface area contributed by atoms with Gasteiger partial charge in [-0.3, -0.25) is 19.2 Å². The Hall–Kier alpha value is -3.48. The van der Waals surface area contributed by atoms with E-state index in [1.54, 1.807) is 24.3 Å². The molecule has 0 aromatic heterocycles. The molecule has 2 aromatic carbocycles. The highest BCUT2D eigenvalue weighted by atomic mass is 16.2. The van der Waals surface area contributed by atoms with Crippen molar-refractivity contribution in [1.82, 2.24) is 15.5 Å². The molecule has 1 saturated carbocycles. The molecule has 4 rings (SSSR count). The minimum atomic E-state index is -0.847. The van der Waals surface area contributed by atoms with E-state index in [0.717, 1.165) is 37.7 Å². The molecule has 2 atom stereocenters. The van der Waals surface area contributed by atoms with Crippen molar-refractivity contribution in [2.45, 2.75) is 69.5 Å². The number of benzene rings is 2. The summed E-state index contributed by atoms with van der Waals surface area (Å²) in [5.74, 6) is -1.85. The van der Waals surface area contributed by atoms with Crippen LogP contribution in [0, 0.1) is 0 Å². The molecule has 0 radical (unpaired) electrons. The average Bonchev–Trinajstić information content (AvgIpc) is 3.39. The van der Waals surface area contributed by atoms with Crippen molar-refractivity contribution >= 4 is 23.5 Å². The van der Waals surface area contributed by atoms with Gasteiger partial charge in [-0.2, -0.15) is 0 Å². The van der Waals surface area contributed by atoms with Gasteiger partial charge in [-0.05, 0) is 43.4 Å². The summed E-state index contributed by atoms with van der Waals surface area (Å²) in [6, 6.07) is 16.6. The van der Waals surface area contributed by atoms with Crippen LogP contribution in [0.15, 0.2) is 60.7 Å². The lowest BCUT2D eigenvalue weighted by molar-refractivity contribution is -0.145. The fourth-order valence-electron chi connectivity index (χ4n) is 5.04. The van der Waals surface area contributed by atoms with Gasteiger partial charge in [0.15, 0.2) is 0 Å². The molecule has 2 fully saturated rings. The maximum atomic E-state index is 13.7. The number of carbonyl (C=O) groups excluding carboxylic acids is 4. The van der Waals surface area contributed by atoms with Crippen molar-refractivity contribution in [3.63, 3.8) is 0 Å². The molecule has 1 heterocycles. The number of nitrogens with one attached hydrogen (secondary N) is 2. The molecule has 1 saturated heterocycles. The molecule has 184 valence electrons. The summed E-state index contributed by atoms with van der Waals surface area (Å²) < 4.78 is 0. The third kappa shape index (κ3) is 6.35. The Labute approximate surface area is 206 Å². The van der Waals surface area contributed by atoms with Crippen LogP contribution in [0.2, 0.25) is 0 Å². The predicted molar refractivity (Wildman–Crippen MR) is 133 cm³/mol. The molecule has 0 bridgehead atoms. The summed E-state index contributed by atoms with van der Waals surface area (Å²) in [7, 11) is 0. The maximum absolute atomic E-state index is 13.7. The second kappa shape index (κ2) is 11.8. The zero-order valence-corrected chi connectivity index (χ0v) is 19.9. The lowest BCUT2D eigenvalue weighted by Crippen LogP contribution is -2.55. The van der Waals surface area contributed by atoms with Crippen LogP contribution in [0.1, 0.15) is 60.9 Å². The minimum Gasteiger partial charge on any atom is -0.347 e. The Morgan fingerprint density at radius 1 is 0.829 bits per heavy atom. The van der Waals surface area contributed by atoms with Crippen LogP contribution in [-0.2, 0) is 20.8 Å². The lowest BCUT2D eigenvalue weighted by atomic mass is 9.95. The van der Waals surface area contributed by atoms with E-state index in [4.69, 9.17) is 0 Å². The van der Waals surface area contributed by atoms with E-state index in [1.807, 2.05) is 36.4 Å². The third-order valence-electron chi connectivity index (χ3n) is 6.92. The first-order chi connectivity index (χ1) is 17.0. The topological polar surface area (TPSA) is 95.6 Å². The van der Waals surface area contributed by atoms with Gasteiger partial charge in [0.05, 0.1) is 0 Å². The number of Topliss-reactive ketones (excluding diaryl/α,β-unsaturated/α-hetero) is 1. The van der Waals surface area contributed by atoms with Crippen molar-refractivity contribution in [3.05, 3.63) is 71.8 Å². The number of ketones is 1. The highest BCUT2D eigenvalue weighted by Crippen LogP contribution is 2.22. The SMILES string of the molecule is O=C(NC1CCCCC1)C(=O)[C@@H]1CCCN1C(=O)[C@H](Cc1ccccc1)NC(=O)c1ccccc1. The normalized spacial score (nSPS) is 19.1. The van der Waals surface area contributed by atoms with E-state index in [9.17, 15) is 19.2 Å². The maximum Gasteiger partial charge on any atom is 0.289 e. The Morgan fingerprint density at radius 2 is 1.49 bits per heavy atom. The molecular weight excluding hydrogens is 442 g/mol. The number of rotatable bonds is 8. The van der Waals surface area contributed by atoms with E-state index in [1.165, 1.54) is 4.90 Å². The molecule has 7 nitrogen and oxygen atoms in total. The second-order valence-corrected chi connectivity index (χ2v) is 9.44. The van der Waals surface area contributed by atoms with Gasteiger partial charge in [0.2, 0.25) is 11.7 Å². The fourth-order valence-corrected chi connectivity index (χ4v) is 5.04. The number of hydrogen-bond acceptors (Lipinski definition) is 4. The van der Waals surface area contributed by atoms with Crippen LogP contribution in [-0.4, -0.2) is 53.1 Å². The van der Waals surface area contributed by atoms with E-state index in [-0.39, 0.29) is 17.9 Å². The molecule has 0 spiro atoms. The number of hydrogen-bond donors (Lipinski definition) is 2. The van der Waals surface area contributed by atoms with Crippen LogP contribution >= 0.6 is 0 Å². The van der Waals surface area contributed by atoms with Gasteiger partial charge in [-0.15, -0.1) is 0 Å². The van der Waals surface area contributed by atoms with E-state index in [0.29, 0.717) is 31.4 Å². The number of likely N-dealkylation sites (tertiary alicyclic amines) is 1. The van der Waals surface area contributed by atoms with Crippen LogP contribution in [0.4, 0.5) is 0 Å². The Balaban J connectivity index is 1.48. The average molecular weight is 476 g/mol. The second-order valence-electron chi connectivity index (χ2n) is 9.44. The largest absolute Gasteiger partial charge is 0.347 e. The number of nitrogens with zero attached hydrogens (tertiary/aromatic N) is 1. The molecule has 1 aliphatic heterocycles. The summed E-state index contributed by atoms with van der Waals surface area (Å²) in [5.41, 5.74) is 1.36. The van der Waals surface area contributed by atoms with E-state index < -0.39 is 23.8 Å². The predicted octanol–water partition coefficient (Wildman–Crippen LogP) is 3.04. The smallest absolute Gasteiger partial charge is 0.289 e. The highest BCUT2D eigenvalue weighted by molar-refractivity contribution is 6.38. The van der Waals surface area contributed by atoms with Gasteiger partial charge in [-0.1, -0.05) is 67.8 Å². The van der Waals surface area contributed by atoms with Crippen molar-refractivity contribution in [2.24, 2.45) is 0 Å². The summed E-state index contributed by atoms with van der Waals surface area (Å²) in [6.45, 7) is 0.387. The Bertz CT molecular complexity index is 1030. The van der Waals surface area contributed by atoms with Crippen molar-refractivity contribution in [3.8, 4) is 0 Å². The first kappa shape index (κ1) is 24.6. The zero-order chi connectivity index (χ0) is 24.6. The highest BCUT2D eigenvalue weighted by Gasteiger charge is 2.40.